The summed E-state index contributed by atoms with van der Waals surface area (Å²) in [6.45, 7) is 7.89. The maximum atomic E-state index is 12.3. The number of hydrogen-bond acceptors (Lipinski definition) is 2. The molecule has 2 rings (SSSR count). The van der Waals surface area contributed by atoms with Crippen LogP contribution in [0, 0.1) is 20.8 Å². The van der Waals surface area contributed by atoms with Gasteiger partial charge in [-0.2, -0.15) is 0 Å². The second-order valence-corrected chi connectivity index (χ2v) is 6.23. The van der Waals surface area contributed by atoms with E-state index in [0.717, 1.165) is 27.9 Å². The molecule has 0 bridgehead atoms. The zero-order chi connectivity index (χ0) is 17.7. The van der Waals surface area contributed by atoms with E-state index in [9.17, 15) is 9.59 Å². The number of hydrogen-bond donors (Lipinski definition) is 1. The Hall–Kier alpha value is -2.62. The van der Waals surface area contributed by atoms with Gasteiger partial charge in [0.15, 0.2) is 0 Å². The number of aryl methyl sites for hydroxylation is 3. The van der Waals surface area contributed by atoms with E-state index in [2.05, 4.69) is 5.32 Å². The molecule has 0 unspecified atom stereocenters. The lowest BCUT2D eigenvalue weighted by molar-refractivity contribution is -0.133. The predicted octanol–water partition coefficient (Wildman–Crippen LogP) is 3.60. The normalized spacial score (nSPS) is 10.3. The molecule has 1 N–H and O–H groups in total. The third-order valence-electron chi connectivity index (χ3n) is 3.90. The van der Waals surface area contributed by atoms with Gasteiger partial charge in [-0.05, 0) is 43.5 Å². The SMILES string of the molecule is CC(=O)N(CC(=O)Nc1cc(C)ccc1C)Cc1cccc(C)c1. The summed E-state index contributed by atoms with van der Waals surface area (Å²) in [5, 5.41) is 2.90. The Morgan fingerprint density at radius 1 is 1.00 bits per heavy atom. The molecule has 2 aromatic rings. The van der Waals surface area contributed by atoms with E-state index in [0.29, 0.717) is 6.54 Å². The fraction of sp³-hybridized carbons (Fsp3) is 0.300. The first kappa shape index (κ1) is 17.7. The van der Waals surface area contributed by atoms with E-state index in [1.165, 1.54) is 6.92 Å². The van der Waals surface area contributed by atoms with Crippen LogP contribution < -0.4 is 5.32 Å². The topological polar surface area (TPSA) is 49.4 Å². The summed E-state index contributed by atoms with van der Waals surface area (Å²) in [6.07, 6.45) is 0. The first-order chi connectivity index (χ1) is 11.3. The fourth-order valence-corrected chi connectivity index (χ4v) is 2.54. The largest absolute Gasteiger partial charge is 0.329 e. The number of benzene rings is 2. The lowest BCUT2D eigenvalue weighted by Gasteiger charge is -2.21. The van der Waals surface area contributed by atoms with Gasteiger partial charge in [-0.25, -0.2) is 0 Å². The van der Waals surface area contributed by atoms with Gasteiger partial charge in [0.2, 0.25) is 11.8 Å². The molecule has 2 aromatic carbocycles. The van der Waals surface area contributed by atoms with Gasteiger partial charge in [-0.15, -0.1) is 0 Å². The van der Waals surface area contributed by atoms with Crippen molar-refractivity contribution < 1.29 is 9.59 Å². The van der Waals surface area contributed by atoms with Crippen LogP contribution >= 0.6 is 0 Å². The number of amides is 2. The Kier molecular flexibility index (Phi) is 5.74. The van der Waals surface area contributed by atoms with Gasteiger partial charge in [0.1, 0.15) is 6.54 Å². The van der Waals surface area contributed by atoms with Crippen LogP contribution in [-0.2, 0) is 16.1 Å². The molecule has 0 aromatic heterocycles. The molecule has 0 spiro atoms. The maximum Gasteiger partial charge on any atom is 0.244 e. The van der Waals surface area contributed by atoms with Crippen LogP contribution in [0.1, 0.15) is 29.2 Å². The third kappa shape index (κ3) is 4.95. The van der Waals surface area contributed by atoms with Gasteiger partial charge in [-0.1, -0.05) is 42.0 Å². The highest BCUT2D eigenvalue weighted by molar-refractivity contribution is 5.94. The number of carbonyl (C=O) groups is 2. The zero-order valence-electron chi connectivity index (χ0n) is 14.7. The molecule has 4 heteroatoms. The number of carbonyl (C=O) groups excluding carboxylic acids is 2. The first-order valence-corrected chi connectivity index (χ1v) is 8.03. The highest BCUT2D eigenvalue weighted by Gasteiger charge is 2.15. The van der Waals surface area contributed by atoms with Crippen molar-refractivity contribution in [2.45, 2.75) is 34.2 Å². The van der Waals surface area contributed by atoms with E-state index in [-0.39, 0.29) is 18.4 Å². The molecule has 0 heterocycles. The Labute approximate surface area is 143 Å². The number of nitrogens with one attached hydrogen (secondary N) is 1. The van der Waals surface area contributed by atoms with Gasteiger partial charge in [-0.3, -0.25) is 9.59 Å². The van der Waals surface area contributed by atoms with E-state index < -0.39 is 0 Å². The molecule has 0 radical (unpaired) electrons. The van der Waals surface area contributed by atoms with Gasteiger partial charge in [0.05, 0.1) is 0 Å². The molecule has 0 saturated carbocycles. The molecule has 0 atom stereocenters. The Bertz CT molecular complexity index is 753. The Morgan fingerprint density at radius 2 is 1.71 bits per heavy atom. The summed E-state index contributed by atoms with van der Waals surface area (Å²) in [7, 11) is 0. The van der Waals surface area contributed by atoms with Gasteiger partial charge >= 0.3 is 0 Å². The van der Waals surface area contributed by atoms with Gasteiger partial charge in [0, 0.05) is 19.2 Å². The van der Waals surface area contributed by atoms with Gasteiger partial charge in [0.25, 0.3) is 0 Å². The van der Waals surface area contributed by atoms with E-state index in [1.54, 1.807) is 4.90 Å². The smallest absolute Gasteiger partial charge is 0.244 e. The highest BCUT2D eigenvalue weighted by atomic mass is 16.2. The van der Waals surface area contributed by atoms with Crippen molar-refractivity contribution in [3.8, 4) is 0 Å². The molecule has 24 heavy (non-hydrogen) atoms. The van der Waals surface area contributed by atoms with Crippen LogP contribution in [-0.4, -0.2) is 23.3 Å². The summed E-state index contributed by atoms with van der Waals surface area (Å²) >= 11 is 0. The standard InChI is InChI=1S/C20H24N2O2/c1-14-6-5-7-18(10-14)12-22(17(4)23)13-20(24)21-19-11-15(2)8-9-16(19)3/h5-11H,12-13H2,1-4H3,(H,21,24). The van der Waals surface area contributed by atoms with Crippen molar-refractivity contribution in [2.75, 3.05) is 11.9 Å². The molecular weight excluding hydrogens is 300 g/mol. The number of rotatable bonds is 5. The van der Waals surface area contributed by atoms with E-state index >= 15 is 0 Å². The predicted molar refractivity (Wildman–Crippen MR) is 96.8 cm³/mol. The summed E-state index contributed by atoms with van der Waals surface area (Å²) in [6, 6.07) is 13.9. The van der Waals surface area contributed by atoms with E-state index in [1.807, 2.05) is 63.2 Å². The van der Waals surface area contributed by atoms with Gasteiger partial charge < -0.3 is 10.2 Å². The third-order valence-corrected chi connectivity index (χ3v) is 3.90. The van der Waals surface area contributed by atoms with Crippen LogP contribution in [0.2, 0.25) is 0 Å². The summed E-state index contributed by atoms with van der Waals surface area (Å²) in [5.41, 5.74) is 5.03. The molecule has 4 nitrogen and oxygen atoms in total. The minimum absolute atomic E-state index is 0.0384. The van der Waals surface area contributed by atoms with Crippen molar-refractivity contribution >= 4 is 17.5 Å². The summed E-state index contributed by atoms with van der Waals surface area (Å²) in [4.78, 5) is 25.8. The molecule has 0 saturated heterocycles. The number of nitrogens with zero attached hydrogens (tertiary/aromatic N) is 1. The monoisotopic (exact) mass is 324 g/mol. The molecule has 0 aliphatic carbocycles. The Morgan fingerprint density at radius 3 is 2.38 bits per heavy atom. The summed E-state index contributed by atoms with van der Waals surface area (Å²) < 4.78 is 0. The average Bonchev–Trinajstić information content (AvgIpc) is 2.50. The van der Waals surface area contributed by atoms with Crippen molar-refractivity contribution in [1.82, 2.24) is 4.90 Å². The minimum atomic E-state index is -0.188. The second kappa shape index (κ2) is 7.77. The molecule has 0 aliphatic heterocycles. The molecule has 0 fully saturated rings. The first-order valence-electron chi connectivity index (χ1n) is 8.03. The van der Waals surface area contributed by atoms with Crippen molar-refractivity contribution in [3.05, 3.63) is 64.7 Å². The minimum Gasteiger partial charge on any atom is -0.329 e. The summed E-state index contributed by atoms with van der Waals surface area (Å²) in [5.74, 6) is -0.306. The van der Waals surface area contributed by atoms with Crippen LogP contribution in [0.5, 0.6) is 0 Å². The van der Waals surface area contributed by atoms with Crippen molar-refractivity contribution in [3.63, 3.8) is 0 Å². The van der Waals surface area contributed by atoms with Crippen molar-refractivity contribution in [2.24, 2.45) is 0 Å². The highest BCUT2D eigenvalue weighted by Crippen LogP contribution is 2.16. The zero-order valence-corrected chi connectivity index (χ0v) is 14.7. The fourth-order valence-electron chi connectivity index (χ4n) is 2.54. The average molecular weight is 324 g/mol. The lowest BCUT2D eigenvalue weighted by atomic mass is 10.1. The lowest BCUT2D eigenvalue weighted by Crippen LogP contribution is -2.36. The van der Waals surface area contributed by atoms with Crippen LogP contribution in [0.25, 0.3) is 0 Å². The molecule has 0 aliphatic rings. The van der Waals surface area contributed by atoms with Crippen LogP contribution in [0.15, 0.2) is 42.5 Å². The second-order valence-electron chi connectivity index (χ2n) is 6.23. The maximum absolute atomic E-state index is 12.3. The number of anilines is 1. The van der Waals surface area contributed by atoms with E-state index in [4.69, 9.17) is 0 Å². The Balaban J connectivity index is 2.06. The molecule has 2 amide bonds. The molecule has 126 valence electrons. The van der Waals surface area contributed by atoms with Crippen molar-refractivity contribution in [1.29, 1.82) is 0 Å². The quantitative estimate of drug-likeness (QED) is 0.913. The van der Waals surface area contributed by atoms with Crippen LogP contribution in [0.3, 0.4) is 0 Å². The van der Waals surface area contributed by atoms with Crippen LogP contribution in [0.4, 0.5) is 5.69 Å². The molecular formula is C20H24N2O2.